The van der Waals surface area contributed by atoms with Crippen LogP contribution in [0.4, 0.5) is 0 Å². The van der Waals surface area contributed by atoms with Crippen LogP contribution in [-0.4, -0.2) is 18.2 Å². The fourth-order valence-electron chi connectivity index (χ4n) is 1.57. The highest BCUT2D eigenvalue weighted by Gasteiger charge is 2.06. The molecule has 0 aliphatic heterocycles. The number of ether oxygens (including phenoxy) is 1. The second kappa shape index (κ2) is 6.95. The van der Waals surface area contributed by atoms with Crippen LogP contribution in [0, 0.1) is 6.92 Å². The van der Waals surface area contributed by atoms with Crippen molar-refractivity contribution in [3.63, 3.8) is 0 Å². The topological polar surface area (TPSA) is 63.8 Å². The molecule has 0 fully saturated rings. The number of nitrogens with one attached hydrogen (secondary N) is 1. The van der Waals surface area contributed by atoms with E-state index in [0.717, 1.165) is 5.76 Å². The minimum Gasteiger partial charge on any atom is -0.482 e. The first-order valence-corrected chi connectivity index (χ1v) is 6.71. The van der Waals surface area contributed by atoms with Gasteiger partial charge in [-0.1, -0.05) is 23.7 Å². The third-order valence-corrected chi connectivity index (χ3v) is 2.95. The Morgan fingerprint density at radius 3 is 2.76 bits per heavy atom. The number of benzene rings is 1. The number of hydrazone groups is 1. The van der Waals surface area contributed by atoms with Crippen LogP contribution in [0.5, 0.6) is 5.75 Å². The standard InChI is InChI=1S/C15H15ClN2O3/c1-10-7-8-13(21-10)11(2)17-18-15(19)9-20-14-6-4-3-5-12(14)16/h3-8H,9H2,1-2H3,(H,18,19)/b17-11+. The van der Waals surface area contributed by atoms with Crippen LogP contribution in [0.2, 0.25) is 5.02 Å². The SMILES string of the molecule is C/C(=N\NC(=O)COc1ccccc1Cl)c1ccc(C)o1. The highest BCUT2D eigenvalue weighted by molar-refractivity contribution is 6.32. The van der Waals surface area contributed by atoms with Gasteiger partial charge in [0.2, 0.25) is 0 Å². The molecule has 0 saturated carbocycles. The molecule has 2 rings (SSSR count). The second-order valence-electron chi connectivity index (χ2n) is 4.36. The summed E-state index contributed by atoms with van der Waals surface area (Å²) in [5, 5.41) is 4.41. The van der Waals surface area contributed by atoms with E-state index in [1.54, 1.807) is 37.3 Å². The van der Waals surface area contributed by atoms with Gasteiger partial charge in [0, 0.05) is 0 Å². The van der Waals surface area contributed by atoms with E-state index in [0.29, 0.717) is 22.2 Å². The van der Waals surface area contributed by atoms with Crippen LogP contribution in [0.15, 0.2) is 45.9 Å². The van der Waals surface area contributed by atoms with E-state index in [1.165, 1.54) is 0 Å². The molecule has 1 N–H and O–H groups in total. The maximum Gasteiger partial charge on any atom is 0.277 e. The third-order valence-electron chi connectivity index (χ3n) is 2.64. The van der Waals surface area contributed by atoms with E-state index in [9.17, 15) is 4.79 Å². The lowest BCUT2D eigenvalue weighted by atomic mass is 10.3. The quantitative estimate of drug-likeness (QED) is 0.681. The zero-order chi connectivity index (χ0) is 15.2. The highest BCUT2D eigenvalue weighted by Crippen LogP contribution is 2.22. The first-order chi connectivity index (χ1) is 10.1. The number of furan rings is 1. The van der Waals surface area contributed by atoms with Gasteiger partial charge in [0.25, 0.3) is 5.91 Å². The first kappa shape index (κ1) is 15.1. The Kier molecular flexibility index (Phi) is 5.00. The number of carbonyl (C=O) groups is 1. The summed E-state index contributed by atoms with van der Waals surface area (Å²) in [6, 6.07) is 10.6. The van der Waals surface area contributed by atoms with Gasteiger partial charge in [-0.25, -0.2) is 5.43 Å². The van der Waals surface area contributed by atoms with Crippen molar-refractivity contribution in [1.82, 2.24) is 5.43 Å². The Morgan fingerprint density at radius 1 is 1.33 bits per heavy atom. The van der Waals surface area contributed by atoms with Gasteiger partial charge in [-0.2, -0.15) is 5.10 Å². The summed E-state index contributed by atoms with van der Waals surface area (Å²) < 4.78 is 10.7. The summed E-state index contributed by atoms with van der Waals surface area (Å²) in [6.45, 7) is 3.41. The number of halogens is 1. The molecule has 0 aliphatic rings. The number of carbonyl (C=O) groups excluding carboxylic acids is 1. The van der Waals surface area contributed by atoms with Gasteiger partial charge < -0.3 is 9.15 Å². The Morgan fingerprint density at radius 2 is 2.10 bits per heavy atom. The molecule has 0 radical (unpaired) electrons. The highest BCUT2D eigenvalue weighted by atomic mass is 35.5. The predicted octanol–water partition coefficient (Wildman–Crippen LogP) is 3.16. The van der Waals surface area contributed by atoms with Gasteiger partial charge in [0.15, 0.2) is 6.61 Å². The zero-order valence-corrected chi connectivity index (χ0v) is 12.5. The van der Waals surface area contributed by atoms with Crippen LogP contribution in [0.1, 0.15) is 18.4 Å². The first-order valence-electron chi connectivity index (χ1n) is 6.33. The summed E-state index contributed by atoms with van der Waals surface area (Å²) >= 11 is 5.92. The summed E-state index contributed by atoms with van der Waals surface area (Å²) in [5.74, 6) is 1.47. The predicted molar refractivity (Wildman–Crippen MR) is 80.7 cm³/mol. The Bertz CT molecular complexity index is 664. The molecule has 110 valence electrons. The normalized spacial score (nSPS) is 11.3. The fraction of sp³-hybridized carbons (Fsp3) is 0.200. The number of rotatable bonds is 5. The van der Waals surface area contributed by atoms with Gasteiger partial charge in [-0.15, -0.1) is 0 Å². The van der Waals surface area contributed by atoms with Crippen molar-refractivity contribution < 1.29 is 13.9 Å². The molecular weight excluding hydrogens is 292 g/mol. The molecule has 5 nitrogen and oxygen atoms in total. The largest absolute Gasteiger partial charge is 0.482 e. The van der Waals surface area contributed by atoms with Crippen LogP contribution in [0.3, 0.4) is 0 Å². The number of aryl methyl sites for hydroxylation is 1. The number of para-hydroxylation sites is 1. The number of nitrogens with zero attached hydrogens (tertiary/aromatic N) is 1. The zero-order valence-electron chi connectivity index (χ0n) is 11.7. The summed E-state index contributed by atoms with van der Waals surface area (Å²) in [5.41, 5.74) is 2.98. The molecule has 0 saturated heterocycles. The smallest absolute Gasteiger partial charge is 0.277 e. The van der Waals surface area contributed by atoms with Crippen LogP contribution in [-0.2, 0) is 4.79 Å². The van der Waals surface area contributed by atoms with Crippen molar-refractivity contribution in [2.75, 3.05) is 6.61 Å². The van der Waals surface area contributed by atoms with Gasteiger partial charge in [-0.05, 0) is 38.1 Å². The van der Waals surface area contributed by atoms with Crippen molar-refractivity contribution in [1.29, 1.82) is 0 Å². The van der Waals surface area contributed by atoms with Crippen molar-refractivity contribution in [2.45, 2.75) is 13.8 Å². The molecule has 0 spiro atoms. The molecule has 1 heterocycles. The van der Waals surface area contributed by atoms with Crippen LogP contribution in [0.25, 0.3) is 0 Å². The maximum atomic E-state index is 11.7. The van der Waals surface area contributed by atoms with Crippen molar-refractivity contribution in [3.05, 3.63) is 52.9 Å². The van der Waals surface area contributed by atoms with E-state index in [1.807, 2.05) is 13.0 Å². The lowest BCUT2D eigenvalue weighted by molar-refractivity contribution is -0.123. The number of hydrogen-bond acceptors (Lipinski definition) is 4. The molecule has 0 unspecified atom stereocenters. The van der Waals surface area contributed by atoms with E-state index >= 15 is 0 Å². The molecule has 1 aromatic heterocycles. The minimum absolute atomic E-state index is 0.169. The summed E-state index contributed by atoms with van der Waals surface area (Å²) in [4.78, 5) is 11.7. The molecule has 0 bridgehead atoms. The monoisotopic (exact) mass is 306 g/mol. The van der Waals surface area contributed by atoms with Crippen LogP contribution < -0.4 is 10.2 Å². The van der Waals surface area contributed by atoms with E-state index in [4.69, 9.17) is 20.8 Å². The molecule has 1 amide bonds. The number of hydrogen-bond donors (Lipinski definition) is 1. The molecule has 21 heavy (non-hydrogen) atoms. The Labute approximate surface area is 127 Å². The fourth-order valence-corrected chi connectivity index (χ4v) is 1.76. The molecule has 0 aliphatic carbocycles. The molecular formula is C15H15ClN2O3. The lowest BCUT2D eigenvalue weighted by Crippen LogP contribution is -2.25. The molecule has 6 heteroatoms. The van der Waals surface area contributed by atoms with Gasteiger partial charge in [0.05, 0.1) is 5.02 Å². The van der Waals surface area contributed by atoms with Gasteiger partial charge in [-0.3, -0.25) is 4.79 Å². The Balaban J connectivity index is 1.86. The van der Waals surface area contributed by atoms with Gasteiger partial charge >= 0.3 is 0 Å². The van der Waals surface area contributed by atoms with E-state index < -0.39 is 0 Å². The average Bonchev–Trinajstić information content (AvgIpc) is 2.90. The third kappa shape index (κ3) is 4.36. The second-order valence-corrected chi connectivity index (χ2v) is 4.77. The molecule has 2 aromatic rings. The lowest BCUT2D eigenvalue weighted by Gasteiger charge is -2.06. The van der Waals surface area contributed by atoms with Crippen molar-refractivity contribution >= 4 is 23.2 Å². The molecule has 0 atom stereocenters. The van der Waals surface area contributed by atoms with Crippen LogP contribution >= 0.6 is 11.6 Å². The average molecular weight is 307 g/mol. The van der Waals surface area contributed by atoms with Crippen molar-refractivity contribution in [2.24, 2.45) is 5.10 Å². The number of amides is 1. The van der Waals surface area contributed by atoms with Crippen molar-refractivity contribution in [3.8, 4) is 5.75 Å². The van der Waals surface area contributed by atoms with Gasteiger partial charge in [0.1, 0.15) is 23.0 Å². The summed E-state index contributed by atoms with van der Waals surface area (Å²) in [6.07, 6.45) is 0. The Hall–Kier alpha value is -2.27. The van der Waals surface area contributed by atoms with E-state index in [2.05, 4.69) is 10.5 Å². The minimum atomic E-state index is -0.377. The molecule has 1 aromatic carbocycles. The maximum absolute atomic E-state index is 11.7. The van der Waals surface area contributed by atoms with E-state index in [-0.39, 0.29) is 12.5 Å². The summed E-state index contributed by atoms with van der Waals surface area (Å²) in [7, 11) is 0.